The van der Waals surface area contributed by atoms with Gasteiger partial charge in [-0.3, -0.25) is 9.36 Å². The maximum absolute atomic E-state index is 11.2. The summed E-state index contributed by atoms with van der Waals surface area (Å²) < 4.78 is 1.73. The molecule has 3 aromatic rings. The van der Waals surface area contributed by atoms with E-state index in [2.05, 4.69) is 4.98 Å². The molecule has 0 saturated carbocycles. The number of carbonyl (C=O) groups excluding carboxylic acids is 1. The number of hydrogen-bond donors (Lipinski definition) is 0. The first-order chi connectivity index (χ1) is 9.24. The molecule has 0 unspecified atom stereocenters. The number of pyridine rings is 1. The van der Waals surface area contributed by atoms with Gasteiger partial charge in [0.25, 0.3) is 0 Å². The summed E-state index contributed by atoms with van der Waals surface area (Å²) in [5, 5.41) is 1.35. The summed E-state index contributed by atoms with van der Waals surface area (Å²) in [6.07, 6.45) is 2.30. The number of para-hydroxylation sites is 1. The number of hydrogen-bond acceptors (Lipinski definition) is 2. The zero-order chi connectivity index (χ0) is 13.4. The Morgan fingerprint density at radius 2 is 1.84 bits per heavy atom. The Morgan fingerprint density at radius 3 is 2.53 bits per heavy atom. The van der Waals surface area contributed by atoms with E-state index in [1.807, 2.05) is 30.3 Å². The molecule has 0 atom stereocenters. The molecule has 0 aliphatic heterocycles. The van der Waals surface area contributed by atoms with Crippen molar-refractivity contribution in [2.75, 3.05) is 0 Å². The van der Waals surface area contributed by atoms with Gasteiger partial charge in [0.05, 0.1) is 11.1 Å². The molecule has 0 fully saturated rings. The molecule has 0 spiro atoms. The van der Waals surface area contributed by atoms with Crippen LogP contribution in [0.15, 0.2) is 42.6 Å². The first-order valence-electron chi connectivity index (χ1n) is 5.59. The van der Waals surface area contributed by atoms with Crippen LogP contribution in [-0.2, 0) is 0 Å². The van der Waals surface area contributed by atoms with Gasteiger partial charge in [-0.25, -0.2) is 4.98 Å². The zero-order valence-corrected chi connectivity index (χ0v) is 11.2. The van der Waals surface area contributed by atoms with Crippen LogP contribution in [0.2, 0.25) is 10.3 Å². The molecule has 3 rings (SSSR count). The largest absolute Gasteiger partial charge is 0.298 e. The number of halogens is 2. The number of benzene rings is 1. The minimum atomic E-state index is 0.316. The van der Waals surface area contributed by atoms with Crippen molar-refractivity contribution in [1.29, 1.82) is 0 Å². The summed E-state index contributed by atoms with van der Waals surface area (Å²) in [5.74, 6) is 0. The topological polar surface area (TPSA) is 34.9 Å². The standard InChI is InChI=1S/C14H8Cl2N2O/c15-13-12-10(6-7-17-13)11(8-19)14(16)18(12)9-4-2-1-3-5-9/h1-8H. The Balaban J connectivity index is 2.48. The Morgan fingerprint density at radius 1 is 1.11 bits per heavy atom. The van der Waals surface area contributed by atoms with Gasteiger partial charge < -0.3 is 0 Å². The van der Waals surface area contributed by atoms with E-state index in [9.17, 15) is 4.79 Å². The number of rotatable bonds is 2. The van der Waals surface area contributed by atoms with Gasteiger partial charge in [0, 0.05) is 17.3 Å². The summed E-state index contributed by atoms with van der Waals surface area (Å²) in [5.41, 5.74) is 1.90. The molecule has 19 heavy (non-hydrogen) atoms. The molecule has 2 heterocycles. The van der Waals surface area contributed by atoms with Gasteiger partial charge in [0.1, 0.15) is 5.15 Å². The third-order valence-corrected chi connectivity index (χ3v) is 3.59. The molecule has 0 aliphatic rings. The van der Waals surface area contributed by atoms with Crippen LogP contribution in [0.5, 0.6) is 0 Å². The van der Waals surface area contributed by atoms with Crippen LogP contribution in [0.1, 0.15) is 10.4 Å². The fourth-order valence-electron chi connectivity index (χ4n) is 2.12. The van der Waals surface area contributed by atoms with E-state index in [1.165, 1.54) is 0 Å². The van der Waals surface area contributed by atoms with Crippen LogP contribution in [0.4, 0.5) is 0 Å². The van der Waals surface area contributed by atoms with Crippen molar-refractivity contribution in [2.45, 2.75) is 0 Å². The SMILES string of the molecule is O=Cc1c(Cl)n(-c2ccccc2)c2c(Cl)nccc12. The molecule has 0 radical (unpaired) electrons. The van der Waals surface area contributed by atoms with Gasteiger partial charge in [-0.2, -0.15) is 0 Å². The number of nitrogens with zero attached hydrogens (tertiary/aromatic N) is 2. The van der Waals surface area contributed by atoms with Crippen LogP contribution in [-0.4, -0.2) is 15.8 Å². The van der Waals surface area contributed by atoms with E-state index in [0.717, 1.165) is 12.0 Å². The Labute approximate surface area is 119 Å². The molecule has 2 aromatic heterocycles. The molecule has 3 nitrogen and oxygen atoms in total. The Bertz CT molecular complexity index is 766. The Kier molecular flexibility index (Phi) is 3.01. The molecule has 0 bridgehead atoms. The third kappa shape index (κ3) is 1.82. The van der Waals surface area contributed by atoms with Crippen molar-refractivity contribution in [3.8, 4) is 5.69 Å². The van der Waals surface area contributed by atoms with E-state index < -0.39 is 0 Å². The number of aldehydes is 1. The summed E-state index contributed by atoms with van der Waals surface area (Å²) >= 11 is 12.5. The molecule has 5 heteroatoms. The smallest absolute Gasteiger partial charge is 0.153 e. The highest BCUT2D eigenvalue weighted by molar-refractivity contribution is 6.38. The average Bonchev–Trinajstić information content (AvgIpc) is 2.73. The van der Waals surface area contributed by atoms with E-state index in [-0.39, 0.29) is 0 Å². The van der Waals surface area contributed by atoms with Crippen LogP contribution < -0.4 is 0 Å². The maximum atomic E-state index is 11.2. The summed E-state index contributed by atoms with van der Waals surface area (Å²) in [6.45, 7) is 0. The van der Waals surface area contributed by atoms with Gasteiger partial charge in [-0.1, -0.05) is 41.4 Å². The van der Waals surface area contributed by atoms with Crippen LogP contribution in [0.25, 0.3) is 16.6 Å². The second kappa shape index (κ2) is 4.68. The lowest BCUT2D eigenvalue weighted by atomic mass is 10.2. The number of carbonyl (C=O) groups is 1. The molecule has 1 aromatic carbocycles. The van der Waals surface area contributed by atoms with Crippen molar-refractivity contribution >= 4 is 40.4 Å². The van der Waals surface area contributed by atoms with Crippen LogP contribution in [0.3, 0.4) is 0 Å². The van der Waals surface area contributed by atoms with Crippen molar-refractivity contribution in [1.82, 2.24) is 9.55 Å². The van der Waals surface area contributed by atoms with Gasteiger partial charge in [0.15, 0.2) is 11.4 Å². The molecular formula is C14H8Cl2N2O. The summed E-state index contributed by atoms with van der Waals surface area (Å²) in [4.78, 5) is 15.3. The molecule has 0 saturated heterocycles. The summed E-state index contributed by atoms with van der Waals surface area (Å²) in [6, 6.07) is 11.2. The maximum Gasteiger partial charge on any atom is 0.153 e. The van der Waals surface area contributed by atoms with Crippen molar-refractivity contribution in [3.05, 3.63) is 58.5 Å². The van der Waals surface area contributed by atoms with E-state index in [1.54, 1.807) is 16.8 Å². The highest BCUT2D eigenvalue weighted by Gasteiger charge is 2.18. The minimum absolute atomic E-state index is 0.316. The predicted molar refractivity (Wildman–Crippen MR) is 76.5 cm³/mol. The van der Waals surface area contributed by atoms with Crippen LogP contribution in [0, 0.1) is 0 Å². The van der Waals surface area contributed by atoms with Gasteiger partial charge >= 0.3 is 0 Å². The number of aromatic nitrogens is 2. The van der Waals surface area contributed by atoms with Gasteiger partial charge in [0.2, 0.25) is 0 Å². The first kappa shape index (κ1) is 12.2. The molecular weight excluding hydrogens is 283 g/mol. The van der Waals surface area contributed by atoms with E-state index in [4.69, 9.17) is 23.2 Å². The highest BCUT2D eigenvalue weighted by atomic mass is 35.5. The highest BCUT2D eigenvalue weighted by Crippen LogP contribution is 2.34. The van der Waals surface area contributed by atoms with Crippen LogP contribution >= 0.6 is 23.2 Å². The Hall–Kier alpha value is -1.84. The normalized spacial score (nSPS) is 10.8. The lowest BCUT2D eigenvalue weighted by Gasteiger charge is -2.07. The van der Waals surface area contributed by atoms with E-state index >= 15 is 0 Å². The second-order valence-corrected chi connectivity index (χ2v) is 4.71. The average molecular weight is 291 g/mol. The predicted octanol–water partition coefficient (Wildman–Crippen LogP) is 4.14. The molecule has 0 aliphatic carbocycles. The lowest BCUT2D eigenvalue weighted by Crippen LogP contribution is -1.94. The van der Waals surface area contributed by atoms with E-state index in [0.29, 0.717) is 26.8 Å². The molecule has 94 valence electrons. The fourth-order valence-corrected chi connectivity index (χ4v) is 2.69. The van der Waals surface area contributed by atoms with Gasteiger partial charge in [-0.05, 0) is 18.2 Å². The van der Waals surface area contributed by atoms with Crippen molar-refractivity contribution in [3.63, 3.8) is 0 Å². The minimum Gasteiger partial charge on any atom is -0.298 e. The monoisotopic (exact) mass is 290 g/mol. The molecule has 0 N–H and O–H groups in total. The molecule has 0 amide bonds. The second-order valence-electron chi connectivity index (χ2n) is 3.99. The van der Waals surface area contributed by atoms with Crippen molar-refractivity contribution < 1.29 is 4.79 Å². The quantitative estimate of drug-likeness (QED) is 0.525. The lowest BCUT2D eigenvalue weighted by molar-refractivity contribution is 0.112. The van der Waals surface area contributed by atoms with Crippen molar-refractivity contribution in [2.24, 2.45) is 0 Å². The number of fused-ring (bicyclic) bond motifs is 1. The zero-order valence-electron chi connectivity index (χ0n) is 9.68. The fraction of sp³-hybridized carbons (Fsp3) is 0. The van der Waals surface area contributed by atoms with Gasteiger partial charge in [-0.15, -0.1) is 0 Å². The summed E-state index contributed by atoms with van der Waals surface area (Å²) in [7, 11) is 0. The first-order valence-corrected chi connectivity index (χ1v) is 6.34. The third-order valence-electron chi connectivity index (χ3n) is 2.94.